The lowest BCUT2D eigenvalue weighted by Crippen LogP contribution is -2.52. The summed E-state index contributed by atoms with van der Waals surface area (Å²) < 4.78 is 6.27. The van der Waals surface area contributed by atoms with Gasteiger partial charge in [0.05, 0.1) is 5.60 Å². The number of nitrogens with two attached hydrogens (primary N) is 1. The molecule has 0 aromatic rings. The van der Waals surface area contributed by atoms with Crippen LogP contribution in [0.5, 0.6) is 0 Å². The van der Waals surface area contributed by atoms with Crippen LogP contribution in [0.3, 0.4) is 0 Å². The largest absolute Gasteiger partial charge is 0.375 e. The van der Waals surface area contributed by atoms with Crippen LogP contribution < -0.4 is 5.73 Å². The van der Waals surface area contributed by atoms with Gasteiger partial charge in [-0.15, -0.1) is 0 Å². The first-order chi connectivity index (χ1) is 10.0. The van der Waals surface area contributed by atoms with Crippen LogP contribution in [-0.2, 0) is 4.74 Å². The van der Waals surface area contributed by atoms with Crippen LogP contribution in [0, 0.1) is 5.41 Å². The zero-order valence-electron chi connectivity index (χ0n) is 14.5. The summed E-state index contributed by atoms with van der Waals surface area (Å²) in [6.07, 6.45) is 10.3. The number of nitrogens with zero attached hydrogens (tertiary/aromatic N) is 1. The Morgan fingerprint density at radius 1 is 1.24 bits per heavy atom. The van der Waals surface area contributed by atoms with Gasteiger partial charge in [-0.25, -0.2) is 0 Å². The normalized spacial score (nSPS) is 26.4. The highest BCUT2D eigenvalue weighted by molar-refractivity contribution is 4.93. The summed E-state index contributed by atoms with van der Waals surface area (Å²) >= 11 is 0. The Bertz CT molecular complexity index is 305. The second-order valence-electron chi connectivity index (χ2n) is 8.08. The standard InChI is InChI=1S/C18H36N2O/c1-4-11-20(15-17(2,3)14-19)16-8-12-21-18(13-16)9-6-5-7-10-18/h16H,4-15,19H2,1-3H3. The first kappa shape index (κ1) is 17.2. The quantitative estimate of drug-likeness (QED) is 0.814. The van der Waals surface area contributed by atoms with Crippen molar-refractivity contribution in [1.82, 2.24) is 4.90 Å². The van der Waals surface area contributed by atoms with Gasteiger partial charge >= 0.3 is 0 Å². The second-order valence-corrected chi connectivity index (χ2v) is 8.08. The van der Waals surface area contributed by atoms with E-state index in [1.54, 1.807) is 0 Å². The number of ether oxygens (including phenoxy) is 1. The molecule has 1 spiro atoms. The molecule has 2 fully saturated rings. The van der Waals surface area contributed by atoms with E-state index in [2.05, 4.69) is 25.7 Å². The molecule has 1 unspecified atom stereocenters. The summed E-state index contributed by atoms with van der Waals surface area (Å²) in [7, 11) is 0. The molecule has 1 atom stereocenters. The fraction of sp³-hybridized carbons (Fsp3) is 1.00. The Morgan fingerprint density at radius 3 is 2.57 bits per heavy atom. The molecular formula is C18H36N2O. The average Bonchev–Trinajstić information content (AvgIpc) is 2.47. The van der Waals surface area contributed by atoms with Crippen molar-refractivity contribution in [2.24, 2.45) is 11.1 Å². The third kappa shape index (κ3) is 4.67. The predicted molar refractivity (Wildman–Crippen MR) is 89.5 cm³/mol. The minimum absolute atomic E-state index is 0.208. The van der Waals surface area contributed by atoms with E-state index < -0.39 is 0 Å². The molecule has 1 aliphatic carbocycles. The molecule has 21 heavy (non-hydrogen) atoms. The van der Waals surface area contributed by atoms with E-state index in [1.807, 2.05) is 0 Å². The molecule has 3 heteroatoms. The van der Waals surface area contributed by atoms with Crippen molar-refractivity contribution in [3.63, 3.8) is 0 Å². The Morgan fingerprint density at radius 2 is 1.95 bits per heavy atom. The van der Waals surface area contributed by atoms with Crippen molar-refractivity contribution in [1.29, 1.82) is 0 Å². The van der Waals surface area contributed by atoms with E-state index in [0.29, 0.717) is 6.04 Å². The van der Waals surface area contributed by atoms with E-state index in [9.17, 15) is 0 Å². The first-order valence-corrected chi connectivity index (χ1v) is 9.08. The van der Waals surface area contributed by atoms with E-state index in [-0.39, 0.29) is 11.0 Å². The molecule has 1 saturated carbocycles. The predicted octanol–water partition coefficient (Wildman–Crippen LogP) is 3.57. The van der Waals surface area contributed by atoms with Crippen LogP contribution in [0.15, 0.2) is 0 Å². The van der Waals surface area contributed by atoms with Gasteiger partial charge in [0.25, 0.3) is 0 Å². The van der Waals surface area contributed by atoms with Crippen molar-refractivity contribution in [3.8, 4) is 0 Å². The molecule has 0 bridgehead atoms. The second kappa shape index (κ2) is 7.43. The summed E-state index contributed by atoms with van der Waals surface area (Å²) in [5.41, 5.74) is 6.39. The molecule has 2 rings (SSSR count). The first-order valence-electron chi connectivity index (χ1n) is 9.08. The Labute approximate surface area is 131 Å². The molecule has 124 valence electrons. The van der Waals surface area contributed by atoms with Gasteiger partial charge in [-0.2, -0.15) is 0 Å². The van der Waals surface area contributed by atoms with E-state index in [4.69, 9.17) is 10.5 Å². The van der Waals surface area contributed by atoms with Crippen LogP contribution in [0.2, 0.25) is 0 Å². The Balaban J connectivity index is 2.01. The van der Waals surface area contributed by atoms with Gasteiger partial charge in [0.15, 0.2) is 0 Å². The van der Waals surface area contributed by atoms with Gasteiger partial charge in [-0.3, -0.25) is 4.90 Å². The highest BCUT2D eigenvalue weighted by Crippen LogP contribution is 2.40. The van der Waals surface area contributed by atoms with Crippen LogP contribution in [0.1, 0.15) is 72.1 Å². The maximum atomic E-state index is 6.27. The highest BCUT2D eigenvalue weighted by atomic mass is 16.5. The lowest BCUT2D eigenvalue weighted by molar-refractivity contribution is -0.126. The van der Waals surface area contributed by atoms with E-state index in [0.717, 1.165) is 19.7 Å². The molecule has 0 amide bonds. The van der Waals surface area contributed by atoms with Crippen molar-refractivity contribution in [2.75, 3.05) is 26.2 Å². The topological polar surface area (TPSA) is 38.5 Å². The molecule has 0 aromatic carbocycles. The van der Waals surface area contributed by atoms with Crippen LogP contribution in [0.4, 0.5) is 0 Å². The summed E-state index contributed by atoms with van der Waals surface area (Å²) in [6, 6.07) is 0.697. The number of hydrogen-bond acceptors (Lipinski definition) is 3. The third-order valence-electron chi connectivity index (χ3n) is 5.44. The molecule has 0 radical (unpaired) electrons. The van der Waals surface area contributed by atoms with Crippen LogP contribution in [-0.4, -0.2) is 42.8 Å². The highest BCUT2D eigenvalue weighted by Gasteiger charge is 2.40. The average molecular weight is 296 g/mol. The molecule has 0 aromatic heterocycles. The Kier molecular flexibility index (Phi) is 6.10. The molecule has 2 aliphatic rings. The van der Waals surface area contributed by atoms with Crippen LogP contribution >= 0.6 is 0 Å². The minimum Gasteiger partial charge on any atom is -0.375 e. The Hall–Kier alpha value is -0.120. The zero-order chi connectivity index (χ0) is 15.3. The van der Waals surface area contributed by atoms with Crippen molar-refractivity contribution in [3.05, 3.63) is 0 Å². The van der Waals surface area contributed by atoms with Gasteiger partial charge < -0.3 is 10.5 Å². The maximum absolute atomic E-state index is 6.27. The van der Waals surface area contributed by atoms with Crippen molar-refractivity contribution < 1.29 is 4.74 Å². The fourth-order valence-electron chi connectivity index (χ4n) is 4.15. The maximum Gasteiger partial charge on any atom is 0.0697 e. The summed E-state index contributed by atoms with van der Waals surface area (Å²) in [5, 5.41) is 0. The summed E-state index contributed by atoms with van der Waals surface area (Å²) in [6.45, 7) is 10.9. The third-order valence-corrected chi connectivity index (χ3v) is 5.44. The summed E-state index contributed by atoms with van der Waals surface area (Å²) in [5.74, 6) is 0. The fourth-order valence-corrected chi connectivity index (χ4v) is 4.15. The van der Waals surface area contributed by atoms with Gasteiger partial charge in [-0.1, -0.05) is 40.0 Å². The molecule has 1 saturated heterocycles. The molecular weight excluding hydrogens is 260 g/mol. The smallest absolute Gasteiger partial charge is 0.0697 e. The molecule has 2 N–H and O–H groups in total. The van der Waals surface area contributed by atoms with Gasteiger partial charge in [0, 0.05) is 19.2 Å². The lowest BCUT2D eigenvalue weighted by Gasteiger charge is -2.48. The van der Waals surface area contributed by atoms with Crippen molar-refractivity contribution in [2.45, 2.75) is 83.8 Å². The number of rotatable bonds is 6. The molecule has 3 nitrogen and oxygen atoms in total. The zero-order valence-corrected chi connectivity index (χ0v) is 14.5. The monoisotopic (exact) mass is 296 g/mol. The van der Waals surface area contributed by atoms with Crippen LogP contribution in [0.25, 0.3) is 0 Å². The van der Waals surface area contributed by atoms with Crippen molar-refractivity contribution >= 4 is 0 Å². The number of hydrogen-bond donors (Lipinski definition) is 1. The van der Waals surface area contributed by atoms with E-state index >= 15 is 0 Å². The molecule has 1 heterocycles. The van der Waals surface area contributed by atoms with E-state index in [1.165, 1.54) is 57.9 Å². The van der Waals surface area contributed by atoms with Gasteiger partial charge in [-0.05, 0) is 50.6 Å². The molecule has 1 aliphatic heterocycles. The van der Waals surface area contributed by atoms with Gasteiger partial charge in [0.2, 0.25) is 0 Å². The SMILES string of the molecule is CCCN(CC(C)(C)CN)C1CCOC2(CCCCC2)C1. The summed E-state index contributed by atoms with van der Waals surface area (Å²) in [4.78, 5) is 2.71. The lowest BCUT2D eigenvalue weighted by atomic mass is 9.77. The minimum atomic E-state index is 0.208. The van der Waals surface area contributed by atoms with Gasteiger partial charge in [0.1, 0.15) is 0 Å².